The Labute approximate surface area is 163 Å². The van der Waals surface area contributed by atoms with Crippen LogP contribution in [0.5, 0.6) is 5.75 Å². The van der Waals surface area contributed by atoms with Crippen molar-refractivity contribution in [3.8, 4) is 5.75 Å². The van der Waals surface area contributed by atoms with Crippen LogP contribution >= 0.6 is 23.4 Å². The van der Waals surface area contributed by atoms with Crippen LogP contribution in [0.1, 0.15) is 19.3 Å². The van der Waals surface area contributed by atoms with E-state index in [-0.39, 0.29) is 4.90 Å². The van der Waals surface area contributed by atoms with Crippen LogP contribution in [0.2, 0.25) is 5.02 Å². The Kier molecular flexibility index (Phi) is 6.80. The lowest BCUT2D eigenvalue weighted by atomic mass is 10.2. The van der Waals surface area contributed by atoms with Crippen molar-refractivity contribution in [2.75, 3.05) is 25.4 Å². The molecule has 0 unspecified atom stereocenters. The quantitative estimate of drug-likeness (QED) is 0.506. The molecule has 0 amide bonds. The molecule has 0 aliphatic carbocycles. The lowest BCUT2D eigenvalue weighted by Crippen LogP contribution is -2.35. The molecule has 0 radical (unpaired) electrons. The van der Waals surface area contributed by atoms with Crippen molar-refractivity contribution < 1.29 is 13.2 Å². The standard InChI is InChI=1S/C18H21ClN2O3S2/c19-15-5-4-6-16(13-15)24-11-12-25-18-8-7-17(14-20-18)26(22,23)21-9-2-1-3-10-21/h4-8,13-14H,1-3,9-12H2. The van der Waals surface area contributed by atoms with Crippen LogP contribution in [-0.2, 0) is 10.0 Å². The monoisotopic (exact) mass is 412 g/mol. The van der Waals surface area contributed by atoms with E-state index in [9.17, 15) is 8.42 Å². The first-order chi connectivity index (χ1) is 12.6. The maximum Gasteiger partial charge on any atom is 0.244 e. The number of halogens is 1. The van der Waals surface area contributed by atoms with Gasteiger partial charge in [-0.3, -0.25) is 0 Å². The average molecular weight is 413 g/mol. The molecule has 3 rings (SSSR count). The average Bonchev–Trinajstić information content (AvgIpc) is 2.66. The molecule has 1 aromatic carbocycles. The van der Waals surface area contributed by atoms with E-state index >= 15 is 0 Å². The van der Waals surface area contributed by atoms with Gasteiger partial charge in [0.15, 0.2) is 0 Å². The number of thioether (sulfide) groups is 1. The minimum absolute atomic E-state index is 0.263. The number of rotatable bonds is 7. The molecule has 0 saturated carbocycles. The van der Waals surface area contributed by atoms with E-state index in [1.54, 1.807) is 28.6 Å². The minimum atomic E-state index is -3.42. The van der Waals surface area contributed by atoms with Crippen molar-refractivity contribution in [3.05, 3.63) is 47.6 Å². The predicted molar refractivity (Wildman–Crippen MR) is 105 cm³/mol. The van der Waals surface area contributed by atoms with Gasteiger partial charge < -0.3 is 4.74 Å². The van der Waals surface area contributed by atoms with Crippen LogP contribution < -0.4 is 4.74 Å². The molecule has 140 valence electrons. The molecular formula is C18H21ClN2O3S2. The fourth-order valence-electron chi connectivity index (χ4n) is 2.72. The molecule has 1 aliphatic rings. The number of nitrogens with zero attached hydrogens (tertiary/aromatic N) is 2. The van der Waals surface area contributed by atoms with Crippen LogP contribution in [0.4, 0.5) is 0 Å². The Hall–Kier alpha value is -1.28. The summed E-state index contributed by atoms with van der Waals surface area (Å²) >= 11 is 7.43. The molecular weight excluding hydrogens is 392 g/mol. The first-order valence-corrected chi connectivity index (χ1v) is 11.3. The van der Waals surface area contributed by atoms with E-state index in [2.05, 4.69) is 4.98 Å². The summed E-state index contributed by atoms with van der Waals surface area (Å²) in [5.41, 5.74) is 0. The van der Waals surface area contributed by atoms with Crippen LogP contribution in [0.3, 0.4) is 0 Å². The topological polar surface area (TPSA) is 59.5 Å². The second-order valence-corrected chi connectivity index (χ2v) is 9.44. The maximum absolute atomic E-state index is 12.6. The van der Waals surface area contributed by atoms with Crippen molar-refractivity contribution in [3.63, 3.8) is 0 Å². The van der Waals surface area contributed by atoms with E-state index in [1.807, 2.05) is 12.1 Å². The molecule has 1 aliphatic heterocycles. The van der Waals surface area contributed by atoms with Gasteiger partial charge in [-0.05, 0) is 43.2 Å². The van der Waals surface area contributed by atoms with E-state index < -0.39 is 10.0 Å². The van der Waals surface area contributed by atoms with Gasteiger partial charge in [-0.15, -0.1) is 11.8 Å². The number of ether oxygens (including phenoxy) is 1. The zero-order valence-electron chi connectivity index (χ0n) is 14.3. The number of piperidine rings is 1. The Morgan fingerprint density at radius 1 is 1.15 bits per heavy atom. The smallest absolute Gasteiger partial charge is 0.244 e. The van der Waals surface area contributed by atoms with Gasteiger partial charge in [-0.2, -0.15) is 4.31 Å². The SMILES string of the molecule is O=S(=O)(c1ccc(SCCOc2cccc(Cl)c2)nc1)N1CCCCC1. The van der Waals surface area contributed by atoms with Gasteiger partial charge in [-0.25, -0.2) is 13.4 Å². The fourth-order valence-corrected chi connectivity index (χ4v) is 5.03. The molecule has 1 saturated heterocycles. The van der Waals surface area contributed by atoms with Crippen molar-refractivity contribution in [1.29, 1.82) is 0 Å². The molecule has 1 aromatic heterocycles. The second kappa shape index (κ2) is 9.08. The fraction of sp³-hybridized carbons (Fsp3) is 0.389. The van der Waals surface area contributed by atoms with Crippen LogP contribution in [0.25, 0.3) is 0 Å². The third-order valence-corrected chi connectivity index (χ3v) is 7.09. The first kappa shape index (κ1) is 19.5. The number of hydrogen-bond donors (Lipinski definition) is 0. The van der Waals surface area contributed by atoms with Crippen molar-refractivity contribution in [2.24, 2.45) is 0 Å². The maximum atomic E-state index is 12.6. The summed E-state index contributed by atoms with van der Waals surface area (Å²) in [4.78, 5) is 4.54. The Balaban J connectivity index is 1.51. The highest BCUT2D eigenvalue weighted by atomic mass is 35.5. The summed E-state index contributed by atoms with van der Waals surface area (Å²) in [5, 5.41) is 1.42. The van der Waals surface area contributed by atoms with Gasteiger partial charge in [-0.1, -0.05) is 24.1 Å². The highest BCUT2D eigenvalue weighted by Gasteiger charge is 2.26. The van der Waals surface area contributed by atoms with Crippen LogP contribution in [0, 0.1) is 0 Å². The Bertz CT molecular complexity index is 823. The number of aromatic nitrogens is 1. The third kappa shape index (κ3) is 5.13. The number of hydrogen-bond acceptors (Lipinski definition) is 5. The van der Waals surface area contributed by atoms with E-state index in [4.69, 9.17) is 16.3 Å². The molecule has 0 N–H and O–H groups in total. The summed E-state index contributed by atoms with van der Waals surface area (Å²) in [6.07, 6.45) is 4.39. The van der Waals surface area contributed by atoms with Crippen LogP contribution in [0.15, 0.2) is 52.5 Å². The zero-order valence-corrected chi connectivity index (χ0v) is 16.7. The number of sulfonamides is 1. The molecule has 26 heavy (non-hydrogen) atoms. The van der Waals surface area contributed by atoms with Gasteiger partial charge >= 0.3 is 0 Å². The van der Waals surface area contributed by atoms with Gasteiger partial charge in [0.1, 0.15) is 10.6 Å². The summed E-state index contributed by atoms with van der Waals surface area (Å²) in [5.74, 6) is 1.44. The molecule has 5 nitrogen and oxygen atoms in total. The third-order valence-electron chi connectivity index (χ3n) is 4.06. The van der Waals surface area contributed by atoms with Gasteiger partial charge in [0.05, 0.1) is 11.6 Å². The summed E-state index contributed by atoms with van der Waals surface area (Å²) < 4.78 is 32.4. The Morgan fingerprint density at radius 3 is 2.65 bits per heavy atom. The summed E-state index contributed by atoms with van der Waals surface area (Å²) in [6, 6.07) is 10.7. The van der Waals surface area contributed by atoms with E-state index in [0.717, 1.165) is 30.0 Å². The molecule has 0 atom stereocenters. The highest BCUT2D eigenvalue weighted by molar-refractivity contribution is 7.99. The largest absolute Gasteiger partial charge is 0.493 e. The molecule has 8 heteroatoms. The molecule has 2 heterocycles. The Morgan fingerprint density at radius 2 is 1.96 bits per heavy atom. The summed E-state index contributed by atoms with van der Waals surface area (Å²) in [6.45, 7) is 1.71. The lowest BCUT2D eigenvalue weighted by Gasteiger charge is -2.25. The highest BCUT2D eigenvalue weighted by Crippen LogP contribution is 2.23. The summed E-state index contributed by atoms with van der Waals surface area (Å²) in [7, 11) is -3.42. The first-order valence-electron chi connectivity index (χ1n) is 8.53. The predicted octanol–water partition coefficient (Wildman–Crippen LogP) is 4.08. The van der Waals surface area contributed by atoms with Gasteiger partial charge in [0.2, 0.25) is 10.0 Å². The van der Waals surface area contributed by atoms with E-state index in [0.29, 0.717) is 30.5 Å². The molecule has 0 spiro atoms. The van der Waals surface area contributed by atoms with Crippen LogP contribution in [-0.4, -0.2) is 43.2 Å². The normalized spacial score (nSPS) is 15.7. The molecule has 2 aromatic rings. The van der Waals surface area contributed by atoms with Crippen molar-refractivity contribution in [2.45, 2.75) is 29.2 Å². The van der Waals surface area contributed by atoms with Crippen molar-refractivity contribution in [1.82, 2.24) is 9.29 Å². The minimum Gasteiger partial charge on any atom is -0.493 e. The molecule has 0 bridgehead atoms. The number of benzene rings is 1. The van der Waals surface area contributed by atoms with Crippen molar-refractivity contribution >= 4 is 33.4 Å². The second-order valence-electron chi connectivity index (χ2n) is 5.95. The lowest BCUT2D eigenvalue weighted by molar-refractivity contribution is 0.344. The zero-order chi connectivity index (χ0) is 18.4. The van der Waals surface area contributed by atoms with Gasteiger partial charge in [0, 0.05) is 30.1 Å². The molecule has 1 fully saturated rings. The van der Waals surface area contributed by atoms with E-state index in [1.165, 1.54) is 18.0 Å². The van der Waals surface area contributed by atoms with Gasteiger partial charge in [0.25, 0.3) is 0 Å². The number of pyridine rings is 1.